The summed E-state index contributed by atoms with van der Waals surface area (Å²) in [6, 6.07) is 8.04. The van der Waals surface area contributed by atoms with E-state index in [9.17, 15) is 9.90 Å². The van der Waals surface area contributed by atoms with E-state index < -0.39 is 5.97 Å². The van der Waals surface area contributed by atoms with Gasteiger partial charge in [-0.05, 0) is 44.9 Å². The van der Waals surface area contributed by atoms with Crippen molar-refractivity contribution >= 4 is 5.97 Å². The Hall–Kier alpha value is -2.89. The van der Waals surface area contributed by atoms with Gasteiger partial charge in [0.05, 0.1) is 23.6 Å². The molecule has 2 heterocycles. The van der Waals surface area contributed by atoms with Crippen LogP contribution < -0.4 is 0 Å². The second kappa shape index (κ2) is 5.96. The van der Waals surface area contributed by atoms with Crippen molar-refractivity contribution < 1.29 is 14.4 Å². The third kappa shape index (κ3) is 2.71. The molecule has 6 heteroatoms. The number of aryl methyl sites for hydroxylation is 3. The number of hydrogen-bond donors (Lipinski definition) is 1. The van der Waals surface area contributed by atoms with Crippen molar-refractivity contribution in [2.75, 3.05) is 0 Å². The molecular weight excluding hydrogens is 306 g/mol. The molecule has 2 aromatic heterocycles. The Morgan fingerprint density at radius 2 is 1.96 bits per heavy atom. The highest BCUT2D eigenvalue weighted by Gasteiger charge is 2.18. The SMILES string of the molecule is Cc1nn(Cc2cccc(-c3c(C)noc3C)c2)c(C)c1C(=O)O. The molecule has 0 spiro atoms. The van der Waals surface area contributed by atoms with Crippen LogP contribution in [0.15, 0.2) is 28.8 Å². The van der Waals surface area contributed by atoms with Crippen molar-refractivity contribution in [3.05, 3.63) is 58.2 Å². The van der Waals surface area contributed by atoms with Crippen molar-refractivity contribution in [2.45, 2.75) is 34.2 Å². The second-order valence-electron chi connectivity index (χ2n) is 5.91. The summed E-state index contributed by atoms with van der Waals surface area (Å²) in [5.41, 5.74) is 5.38. The monoisotopic (exact) mass is 325 g/mol. The summed E-state index contributed by atoms with van der Waals surface area (Å²) in [6.07, 6.45) is 0. The van der Waals surface area contributed by atoms with Crippen LogP contribution >= 0.6 is 0 Å². The molecule has 1 aromatic carbocycles. The fraction of sp³-hybridized carbons (Fsp3) is 0.278. The van der Waals surface area contributed by atoms with E-state index in [1.54, 1.807) is 18.5 Å². The maximum Gasteiger partial charge on any atom is 0.339 e. The van der Waals surface area contributed by atoms with Crippen LogP contribution in [-0.2, 0) is 6.54 Å². The minimum Gasteiger partial charge on any atom is -0.478 e. The lowest BCUT2D eigenvalue weighted by Crippen LogP contribution is -2.06. The van der Waals surface area contributed by atoms with Crippen molar-refractivity contribution in [1.29, 1.82) is 0 Å². The molecule has 0 aliphatic rings. The lowest BCUT2D eigenvalue weighted by molar-refractivity contribution is 0.0695. The Balaban J connectivity index is 1.97. The molecule has 3 rings (SSSR count). The van der Waals surface area contributed by atoms with Crippen LogP contribution in [0.4, 0.5) is 0 Å². The highest BCUT2D eigenvalue weighted by Crippen LogP contribution is 2.27. The first-order chi connectivity index (χ1) is 11.4. The zero-order chi connectivity index (χ0) is 17.4. The average molecular weight is 325 g/mol. The lowest BCUT2D eigenvalue weighted by atomic mass is 10.0. The molecule has 24 heavy (non-hydrogen) atoms. The summed E-state index contributed by atoms with van der Waals surface area (Å²) in [6.45, 7) is 7.81. The van der Waals surface area contributed by atoms with Crippen molar-refractivity contribution in [3.63, 3.8) is 0 Å². The van der Waals surface area contributed by atoms with Crippen LogP contribution in [0, 0.1) is 27.7 Å². The largest absolute Gasteiger partial charge is 0.478 e. The Morgan fingerprint density at radius 3 is 2.54 bits per heavy atom. The number of carbonyl (C=O) groups is 1. The number of nitrogens with zero attached hydrogens (tertiary/aromatic N) is 3. The molecule has 0 aliphatic carbocycles. The minimum atomic E-state index is -0.944. The molecule has 3 aromatic rings. The second-order valence-corrected chi connectivity index (χ2v) is 5.91. The third-order valence-corrected chi connectivity index (χ3v) is 4.18. The van der Waals surface area contributed by atoms with Crippen LogP contribution in [-0.4, -0.2) is 26.0 Å². The molecule has 6 nitrogen and oxygen atoms in total. The molecule has 0 amide bonds. The van der Waals surface area contributed by atoms with Gasteiger partial charge in [-0.2, -0.15) is 5.10 Å². The van der Waals surface area contributed by atoms with Crippen molar-refractivity contribution in [2.24, 2.45) is 0 Å². The van der Waals surface area contributed by atoms with Crippen molar-refractivity contribution in [3.8, 4) is 11.1 Å². The van der Waals surface area contributed by atoms with Crippen LogP contribution in [0.25, 0.3) is 11.1 Å². The molecule has 0 unspecified atom stereocenters. The smallest absolute Gasteiger partial charge is 0.339 e. The van der Waals surface area contributed by atoms with E-state index in [-0.39, 0.29) is 5.56 Å². The molecule has 1 N–H and O–H groups in total. The summed E-state index contributed by atoms with van der Waals surface area (Å²) in [5, 5.41) is 17.6. The molecule has 0 bridgehead atoms. The number of hydrogen-bond acceptors (Lipinski definition) is 4. The summed E-state index contributed by atoms with van der Waals surface area (Å²) in [5.74, 6) is -0.162. The Bertz CT molecular complexity index is 902. The highest BCUT2D eigenvalue weighted by atomic mass is 16.5. The van der Waals surface area contributed by atoms with Crippen molar-refractivity contribution in [1.82, 2.24) is 14.9 Å². The van der Waals surface area contributed by atoms with Gasteiger partial charge in [0.25, 0.3) is 0 Å². The van der Waals surface area contributed by atoms with Crippen LogP contribution in [0.3, 0.4) is 0 Å². The van der Waals surface area contributed by atoms with Gasteiger partial charge in [0.2, 0.25) is 0 Å². The number of benzene rings is 1. The molecule has 0 saturated heterocycles. The summed E-state index contributed by atoms with van der Waals surface area (Å²) in [7, 11) is 0. The van der Waals surface area contributed by atoms with E-state index in [4.69, 9.17) is 4.52 Å². The summed E-state index contributed by atoms with van der Waals surface area (Å²) in [4.78, 5) is 11.3. The van der Waals surface area contributed by atoms with E-state index in [2.05, 4.69) is 16.3 Å². The van der Waals surface area contributed by atoms with Gasteiger partial charge in [-0.1, -0.05) is 23.4 Å². The normalized spacial score (nSPS) is 11.0. The fourth-order valence-electron chi connectivity index (χ4n) is 3.05. The Morgan fingerprint density at radius 1 is 1.21 bits per heavy atom. The Kier molecular flexibility index (Phi) is 3.97. The first kappa shape index (κ1) is 16.0. The topological polar surface area (TPSA) is 81.2 Å². The van der Waals surface area contributed by atoms with E-state index in [1.807, 2.05) is 32.0 Å². The molecule has 0 saturated carbocycles. The zero-order valence-electron chi connectivity index (χ0n) is 14.1. The highest BCUT2D eigenvalue weighted by molar-refractivity contribution is 5.90. The Labute approximate surface area is 139 Å². The minimum absolute atomic E-state index is 0.275. The summed E-state index contributed by atoms with van der Waals surface area (Å²) >= 11 is 0. The van der Waals surface area contributed by atoms with Gasteiger partial charge >= 0.3 is 5.97 Å². The van der Waals surface area contributed by atoms with Gasteiger partial charge < -0.3 is 9.63 Å². The summed E-state index contributed by atoms with van der Waals surface area (Å²) < 4.78 is 6.97. The van der Waals surface area contributed by atoms with Crippen LogP contribution in [0.1, 0.15) is 38.8 Å². The standard InChI is InChI=1S/C18H19N3O3/c1-10-16(18(22)23)12(3)21(19-10)9-14-6-5-7-15(8-14)17-11(2)20-24-13(17)4/h5-8H,9H2,1-4H3,(H,22,23). The predicted octanol–water partition coefficient (Wildman–Crippen LogP) is 3.52. The number of aromatic carboxylic acids is 1. The number of carboxylic acids is 1. The molecule has 0 aliphatic heterocycles. The van der Waals surface area contributed by atoms with Gasteiger partial charge in [0.1, 0.15) is 11.3 Å². The molecule has 0 radical (unpaired) electrons. The predicted molar refractivity (Wildman–Crippen MR) is 89.2 cm³/mol. The molecule has 0 fully saturated rings. The van der Waals surface area contributed by atoms with Gasteiger partial charge in [-0.3, -0.25) is 4.68 Å². The molecule has 0 atom stereocenters. The third-order valence-electron chi connectivity index (χ3n) is 4.18. The maximum atomic E-state index is 11.3. The van der Waals surface area contributed by atoms with E-state index >= 15 is 0 Å². The maximum absolute atomic E-state index is 11.3. The first-order valence-electron chi connectivity index (χ1n) is 7.68. The quantitative estimate of drug-likeness (QED) is 0.794. The van der Waals surface area contributed by atoms with E-state index in [0.717, 1.165) is 28.1 Å². The van der Waals surface area contributed by atoms with Crippen LogP contribution in [0.2, 0.25) is 0 Å². The van der Waals surface area contributed by atoms with E-state index in [1.165, 1.54) is 0 Å². The average Bonchev–Trinajstić information content (AvgIpc) is 2.99. The zero-order valence-corrected chi connectivity index (χ0v) is 14.1. The van der Waals surface area contributed by atoms with Gasteiger partial charge in [0, 0.05) is 5.56 Å². The lowest BCUT2D eigenvalue weighted by Gasteiger charge is -2.07. The molecule has 124 valence electrons. The molecular formula is C18H19N3O3. The van der Waals surface area contributed by atoms with Gasteiger partial charge in [0.15, 0.2) is 0 Å². The number of rotatable bonds is 4. The fourth-order valence-corrected chi connectivity index (χ4v) is 3.05. The van der Waals surface area contributed by atoms with E-state index in [0.29, 0.717) is 17.9 Å². The van der Waals surface area contributed by atoms with Crippen LogP contribution in [0.5, 0.6) is 0 Å². The van der Waals surface area contributed by atoms with Gasteiger partial charge in [-0.25, -0.2) is 4.79 Å². The first-order valence-corrected chi connectivity index (χ1v) is 7.68. The number of carboxylic acid groups (broad SMARTS) is 1. The number of aromatic nitrogens is 3. The van der Waals surface area contributed by atoms with Gasteiger partial charge in [-0.15, -0.1) is 0 Å².